The third-order valence-electron chi connectivity index (χ3n) is 2.38. The number of nitrogens with one attached hydrogen (secondary N) is 1. The molecule has 6 heteroatoms. The summed E-state index contributed by atoms with van der Waals surface area (Å²) in [7, 11) is 0. The number of nitro groups is 1. The fraction of sp³-hybridized carbons (Fsp3) is 0.556. The Kier molecular flexibility index (Phi) is 2.75. The molecule has 1 aromatic heterocycles. The van der Waals surface area contributed by atoms with Crippen LogP contribution in [-0.2, 0) is 0 Å². The first-order valence-electron chi connectivity index (χ1n) is 4.96. The van der Waals surface area contributed by atoms with Crippen molar-refractivity contribution in [3.05, 3.63) is 22.5 Å². The van der Waals surface area contributed by atoms with Crippen molar-refractivity contribution in [2.45, 2.75) is 19.3 Å². The molecule has 0 radical (unpaired) electrons. The fourth-order valence-electron chi connectivity index (χ4n) is 1.30. The lowest BCUT2D eigenvalue weighted by Crippen LogP contribution is -2.06. The summed E-state index contributed by atoms with van der Waals surface area (Å²) < 4.78 is 0. The predicted molar refractivity (Wildman–Crippen MR) is 54.5 cm³/mol. The Labute approximate surface area is 86.9 Å². The van der Waals surface area contributed by atoms with Gasteiger partial charge in [-0.05, 0) is 12.3 Å². The number of hydrogen-bond donors (Lipinski definition) is 1. The van der Waals surface area contributed by atoms with E-state index in [1.54, 1.807) is 0 Å². The van der Waals surface area contributed by atoms with Gasteiger partial charge in [0.1, 0.15) is 12.4 Å². The summed E-state index contributed by atoms with van der Waals surface area (Å²) in [5, 5.41) is 13.4. The molecule has 6 nitrogen and oxygen atoms in total. The second-order valence-corrected chi connectivity index (χ2v) is 3.68. The number of nitrogens with zero attached hydrogens (tertiary/aromatic N) is 3. The Morgan fingerprint density at radius 3 is 2.67 bits per heavy atom. The Morgan fingerprint density at radius 1 is 1.47 bits per heavy atom. The molecule has 0 aromatic carbocycles. The van der Waals surface area contributed by atoms with Crippen molar-refractivity contribution in [3.63, 3.8) is 0 Å². The van der Waals surface area contributed by atoms with Gasteiger partial charge in [-0.15, -0.1) is 0 Å². The summed E-state index contributed by atoms with van der Waals surface area (Å²) in [6.07, 6.45) is 6.20. The first-order chi connectivity index (χ1) is 7.25. The molecule has 2 rings (SSSR count). The van der Waals surface area contributed by atoms with E-state index in [4.69, 9.17) is 0 Å². The SMILES string of the molecule is O=[N+]([O-])c1cnc(NCCC2CC2)nc1. The molecule has 1 heterocycles. The molecule has 0 atom stereocenters. The lowest BCUT2D eigenvalue weighted by atomic mass is 10.3. The average Bonchev–Trinajstić information content (AvgIpc) is 3.02. The van der Waals surface area contributed by atoms with Crippen LogP contribution in [0.1, 0.15) is 19.3 Å². The van der Waals surface area contributed by atoms with Gasteiger partial charge >= 0.3 is 5.69 Å². The van der Waals surface area contributed by atoms with Crippen LogP contribution in [0, 0.1) is 16.0 Å². The van der Waals surface area contributed by atoms with E-state index in [9.17, 15) is 10.1 Å². The van der Waals surface area contributed by atoms with Crippen LogP contribution in [0.5, 0.6) is 0 Å². The van der Waals surface area contributed by atoms with Gasteiger partial charge in [-0.1, -0.05) is 12.8 Å². The highest BCUT2D eigenvalue weighted by molar-refractivity contribution is 5.30. The molecule has 1 saturated carbocycles. The van der Waals surface area contributed by atoms with Crippen molar-refractivity contribution < 1.29 is 4.92 Å². The van der Waals surface area contributed by atoms with Crippen LogP contribution in [0.3, 0.4) is 0 Å². The molecule has 1 aliphatic rings. The van der Waals surface area contributed by atoms with Crippen LogP contribution in [0.25, 0.3) is 0 Å². The molecule has 1 N–H and O–H groups in total. The van der Waals surface area contributed by atoms with Gasteiger partial charge in [0.15, 0.2) is 0 Å². The van der Waals surface area contributed by atoms with E-state index in [0.29, 0.717) is 5.95 Å². The van der Waals surface area contributed by atoms with Crippen LogP contribution in [0.15, 0.2) is 12.4 Å². The molecule has 1 fully saturated rings. The molecule has 0 amide bonds. The van der Waals surface area contributed by atoms with Crippen LogP contribution in [-0.4, -0.2) is 21.4 Å². The van der Waals surface area contributed by atoms with Crippen LogP contribution in [0.4, 0.5) is 11.6 Å². The number of rotatable bonds is 5. The zero-order chi connectivity index (χ0) is 10.7. The molecule has 0 spiro atoms. The van der Waals surface area contributed by atoms with Crippen molar-refractivity contribution >= 4 is 11.6 Å². The fourth-order valence-corrected chi connectivity index (χ4v) is 1.30. The van der Waals surface area contributed by atoms with Crippen molar-refractivity contribution in [1.82, 2.24) is 9.97 Å². The van der Waals surface area contributed by atoms with Gasteiger partial charge in [0, 0.05) is 6.54 Å². The molecule has 1 aromatic rings. The summed E-state index contributed by atoms with van der Waals surface area (Å²) in [4.78, 5) is 17.5. The van der Waals surface area contributed by atoms with Gasteiger partial charge in [-0.3, -0.25) is 10.1 Å². The van der Waals surface area contributed by atoms with Gasteiger partial charge in [0.2, 0.25) is 5.95 Å². The Hall–Kier alpha value is -1.72. The molecular weight excluding hydrogens is 196 g/mol. The standard InChI is InChI=1S/C9H12N4O2/c14-13(15)8-5-11-9(12-6-8)10-4-3-7-1-2-7/h5-7H,1-4H2,(H,10,11,12). The highest BCUT2D eigenvalue weighted by atomic mass is 16.6. The quantitative estimate of drug-likeness (QED) is 0.587. The van der Waals surface area contributed by atoms with Crippen LogP contribution >= 0.6 is 0 Å². The highest BCUT2D eigenvalue weighted by Gasteiger charge is 2.20. The molecule has 0 bridgehead atoms. The maximum Gasteiger partial charge on any atom is 0.305 e. The van der Waals surface area contributed by atoms with Crippen molar-refractivity contribution in [2.24, 2.45) is 5.92 Å². The summed E-state index contributed by atoms with van der Waals surface area (Å²) in [6, 6.07) is 0. The molecule has 1 aliphatic carbocycles. The minimum Gasteiger partial charge on any atom is -0.354 e. The van der Waals surface area contributed by atoms with Crippen molar-refractivity contribution in [2.75, 3.05) is 11.9 Å². The lowest BCUT2D eigenvalue weighted by Gasteiger charge is -2.02. The summed E-state index contributed by atoms with van der Waals surface area (Å²) in [5.41, 5.74) is -0.0808. The Morgan fingerprint density at radius 2 is 2.13 bits per heavy atom. The average molecular weight is 208 g/mol. The number of anilines is 1. The second-order valence-electron chi connectivity index (χ2n) is 3.68. The van der Waals surface area contributed by atoms with E-state index in [-0.39, 0.29) is 5.69 Å². The van der Waals surface area contributed by atoms with Gasteiger partial charge in [-0.2, -0.15) is 0 Å². The third kappa shape index (κ3) is 2.87. The number of hydrogen-bond acceptors (Lipinski definition) is 5. The van der Waals surface area contributed by atoms with E-state index >= 15 is 0 Å². The Balaban J connectivity index is 1.83. The summed E-state index contributed by atoms with van der Waals surface area (Å²) in [5.74, 6) is 1.32. The smallest absolute Gasteiger partial charge is 0.305 e. The van der Waals surface area contributed by atoms with Crippen molar-refractivity contribution in [1.29, 1.82) is 0 Å². The van der Waals surface area contributed by atoms with E-state index in [0.717, 1.165) is 18.9 Å². The van der Waals surface area contributed by atoms with Crippen molar-refractivity contribution in [3.8, 4) is 0 Å². The van der Waals surface area contributed by atoms with Gasteiger partial charge < -0.3 is 5.32 Å². The van der Waals surface area contributed by atoms with E-state index in [2.05, 4.69) is 15.3 Å². The zero-order valence-electron chi connectivity index (χ0n) is 8.22. The zero-order valence-corrected chi connectivity index (χ0v) is 8.22. The largest absolute Gasteiger partial charge is 0.354 e. The normalized spacial score (nSPS) is 14.9. The number of aromatic nitrogens is 2. The second kappa shape index (κ2) is 4.20. The van der Waals surface area contributed by atoms with E-state index in [1.807, 2.05) is 0 Å². The van der Waals surface area contributed by atoms with E-state index in [1.165, 1.54) is 25.2 Å². The van der Waals surface area contributed by atoms with Gasteiger partial charge in [-0.25, -0.2) is 9.97 Å². The maximum atomic E-state index is 10.3. The molecular formula is C9H12N4O2. The summed E-state index contributed by atoms with van der Waals surface area (Å²) in [6.45, 7) is 0.836. The molecule has 80 valence electrons. The molecule has 0 unspecified atom stereocenters. The minimum absolute atomic E-state index is 0.0808. The topological polar surface area (TPSA) is 81.0 Å². The minimum atomic E-state index is -0.506. The maximum absolute atomic E-state index is 10.3. The first-order valence-corrected chi connectivity index (χ1v) is 4.96. The monoisotopic (exact) mass is 208 g/mol. The van der Waals surface area contributed by atoms with Crippen LogP contribution in [0.2, 0.25) is 0 Å². The Bertz CT molecular complexity index is 348. The molecule has 15 heavy (non-hydrogen) atoms. The van der Waals surface area contributed by atoms with Gasteiger partial charge in [0.05, 0.1) is 4.92 Å². The first kappa shape index (κ1) is 9.82. The lowest BCUT2D eigenvalue weighted by molar-refractivity contribution is -0.385. The predicted octanol–water partition coefficient (Wildman–Crippen LogP) is 1.60. The van der Waals surface area contributed by atoms with Crippen LogP contribution < -0.4 is 5.32 Å². The van der Waals surface area contributed by atoms with Gasteiger partial charge in [0.25, 0.3) is 0 Å². The molecule has 0 aliphatic heterocycles. The molecule has 0 saturated heterocycles. The third-order valence-corrected chi connectivity index (χ3v) is 2.38. The summed E-state index contributed by atoms with van der Waals surface area (Å²) >= 11 is 0. The van der Waals surface area contributed by atoms with E-state index < -0.39 is 4.92 Å². The highest BCUT2D eigenvalue weighted by Crippen LogP contribution is 2.31.